The van der Waals surface area contributed by atoms with Crippen LogP contribution in [-0.4, -0.2) is 0 Å². The molecule has 1 aliphatic carbocycles. The van der Waals surface area contributed by atoms with Gasteiger partial charge in [-0.15, -0.1) is 0 Å². The minimum atomic E-state index is 0.0122. The van der Waals surface area contributed by atoms with E-state index in [0.29, 0.717) is 0 Å². The highest BCUT2D eigenvalue weighted by Gasteiger charge is 2.24. The zero-order valence-electron chi connectivity index (χ0n) is 41.5. The molecule has 0 saturated heterocycles. The second kappa shape index (κ2) is 19.1. The quantitative estimate of drug-likeness (QED) is 0.136. The van der Waals surface area contributed by atoms with Gasteiger partial charge in [0.2, 0.25) is 0 Å². The molecule has 6 rings (SSSR count). The van der Waals surface area contributed by atoms with Crippen molar-refractivity contribution in [2.45, 2.75) is 126 Å². The Labute approximate surface area is 387 Å². The van der Waals surface area contributed by atoms with Crippen molar-refractivity contribution < 1.29 is 0 Å². The molecule has 0 saturated carbocycles. The minimum Gasteiger partial charge on any atom is -0.310 e. The Bertz CT molecular complexity index is 2580. The summed E-state index contributed by atoms with van der Waals surface area (Å²) in [6.07, 6.45) is 15.6. The number of rotatable bonds is 9. The number of aryl methyl sites for hydroxylation is 1. The lowest BCUT2D eigenvalue weighted by Gasteiger charge is -2.31. The molecule has 0 aromatic heterocycles. The van der Waals surface area contributed by atoms with Crippen molar-refractivity contribution >= 4 is 44.8 Å². The van der Waals surface area contributed by atoms with E-state index in [2.05, 4.69) is 265 Å². The Morgan fingerprint density at radius 2 is 1.08 bits per heavy atom. The highest BCUT2D eigenvalue weighted by Crippen LogP contribution is 2.45. The molecule has 2 nitrogen and oxygen atoms in total. The molecule has 5 aromatic rings. The normalized spacial score (nSPS) is 13.9. The number of anilines is 5. The third-order valence-corrected chi connectivity index (χ3v) is 12.7. The first-order chi connectivity index (χ1) is 30.1. The van der Waals surface area contributed by atoms with Gasteiger partial charge in [-0.1, -0.05) is 192 Å². The summed E-state index contributed by atoms with van der Waals surface area (Å²) in [4.78, 5) is 4.88. The standard InChI is InChI=1S/C62H74N2/c1-16-51(35-27-45(3)59(4,5)6)64(54-40-33-50(34-41-54)62(13,14)15)58-44(2)23-19-17-22-26-57(56-43-47(28-42-55(56)58)46-24-20-18-21-25-46)63(52-36-29-48(30-37-52)60(7,8)9)53-38-31-49(32-39-53)61(10,11)12/h16-17,19-20,22-43H,1,18,21H2,2-15H3/b19-17?,22-17?,23-19?,26-22?,44-23?,45-27+,51-35+,57-26?,57-56?,58-44?,58-55?. The minimum absolute atomic E-state index is 0.0122. The van der Waals surface area contributed by atoms with Crippen molar-refractivity contribution in [3.05, 3.63) is 203 Å². The van der Waals surface area contributed by atoms with Crippen LogP contribution in [0.4, 0.5) is 28.4 Å². The number of hydrogen-bond donors (Lipinski definition) is 0. The average Bonchev–Trinajstić information content (AvgIpc) is 3.24. The first kappa shape index (κ1) is 47.6. The molecule has 0 N–H and O–H groups in total. The van der Waals surface area contributed by atoms with Gasteiger partial charge in [-0.25, -0.2) is 0 Å². The zero-order valence-corrected chi connectivity index (χ0v) is 41.5. The van der Waals surface area contributed by atoms with Gasteiger partial charge in [0, 0.05) is 33.5 Å². The molecule has 332 valence electrons. The lowest BCUT2D eigenvalue weighted by Crippen LogP contribution is -2.18. The van der Waals surface area contributed by atoms with Gasteiger partial charge in [0.15, 0.2) is 0 Å². The molecule has 0 spiro atoms. The van der Waals surface area contributed by atoms with Gasteiger partial charge in [-0.2, -0.15) is 0 Å². The Kier molecular flexibility index (Phi) is 14.2. The summed E-state index contributed by atoms with van der Waals surface area (Å²) in [5, 5.41) is 2.26. The van der Waals surface area contributed by atoms with Crippen molar-refractivity contribution in [3.63, 3.8) is 0 Å². The van der Waals surface area contributed by atoms with Crippen LogP contribution in [0.5, 0.6) is 0 Å². The maximum absolute atomic E-state index is 4.48. The topological polar surface area (TPSA) is 6.48 Å². The van der Waals surface area contributed by atoms with E-state index in [0.717, 1.165) is 63.3 Å². The number of nitrogens with zero attached hydrogens (tertiary/aromatic N) is 2. The molecule has 0 atom stereocenters. The van der Waals surface area contributed by atoms with Crippen LogP contribution >= 0.6 is 0 Å². The predicted octanol–water partition coefficient (Wildman–Crippen LogP) is 18.6. The van der Waals surface area contributed by atoms with Gasteiger partial charge in [-0.05, 0) is 142 Å². The van der Waals surface area contributed by atoms with E-state index >= 15 is 0 Å². The van der Waals surface area contributed by atoms with Crippen molar-refractivity contribution in [1.82, 2.24) is 0 Å². The fourth-order valence-corrected chi connectivity index (χ4v) is 8.11. The summed E-state index contributed by atoms with van der Waals surface area (Å²) >= 11 is 0. The third kappa shape index (κ3) is 11.1. The summed E-state index contributed by atoms with van der Waals surface area (Å²) in [7, 11) is 0. The summed E-state index contributed by atoms with van der Waals surface area (Å²) in [5.41, 5.74) is 15.3. The summed E-state index contributed by atoms with van der Waals surface area (Å²) < 4.78 is 0. The Balaban J connectivity index is 1.81. The first-order valence-electron chi connectivity index (χ1n) is 23.3. The van der Waals surface area contributed by atoms with Crippen LogP contribution in [0.15, 0.2) is 176 Å². The Morgan fingerprint density at radius 3 is 1.55 bits per heavy atom. The van der Waals surface area contributed by atoms with Crippen LogP contribution in [0, 0.1) is 12.3 Å². The SMILES string of the molecule is C=C/C(=C\C=C(/C)C(C)(C)C)N(c1ccc(C(C)(C)C)cc1)c1c(C)cccccc(N(c2ccc(C(C)(C)C)cc2)c2ccc(C(C)(C)C)cc2)c2cc(C3=CCCC=C3)ccc12. The van der Waals surface area contributed by atoms with Gasteiger partial charge in [0.25, 0.3) is 0 Å². The van der Waals surface area contributed by atoms with Crippen LogP contribution in [-0.2, 0) is 16.2 Å². The van der Waals surface area contributed by atoms with Crippen LogP contribution in [0.25, 0.3) is 16.3 Å². The van der Waals surface area contributed by atoms with E-state index in [4.69, 9.17) is 0 Å². The van der Waals surface area contributed by atoms with E-state index in [-0.39, 0.29) is 21.7 Å². The van der Waals surface area contributed by atoms with Gasteiger partial charge in [-0.3, -0.25) is 0 Å². The molecular formula is C62H74N2. The van der Waals surface area contributed by atoms with E-state index in [9.17, 15) is 0 Å². The van der Waals surface area contributed by atoms with Crippen LogP contribution in [0.2, 0.25) is 0 Å². The molecule has 5 aromatic carbocycles. The molecule has 64 heavy (non-hydrogen) atoms. The number of fused-ring (bicyclic) bond motifs is 1. The van der Waals surface area contributed by atoms with Crippen molar-refractivity contribution in [2.24, 2.45) is 5.41 Å². The molecule has 0 fully saturated rings. The summed E-state index contributed by atoms with van der Waals surface area (Å²) in [6.45, 7) is 36.3. The molecule has 0 amide bonds. The molecule has 0 bridgehead atoms. The van der Waals surface area contributed by atoms with Crippen molar-refractivity contribution in [3.8, 4) is 0 Å². The van der Waals surface area contributed by atoms with Crippen LogP contribution < -0.4 is 9.80 Å². The molecule has 0 radical (unpaired) electrons. The fraction of sp³-hybridized carbons (Fsp3) is 0.323. The summed E-state index contributed by atoms with van der Waals surface area (Å²) in [5.74, 6) is 0. The molecule has 1 aliphatic rings. The van der Waals surface area contributed by atoms with Crippen LogP contribution in [0.3, 0.4) is 0 Å². The number of allylic oxidation sites excluding steroid dienone is 8. The van der Waals surface area contributed by atoms with Crippen LogP contribution in [0.1, 0.15) is 131 Å². The maximum atomic E-state index is 4.48. The van der Waals surface area contributed by atoms with E-state index < -0.39 is 0 Å². The zero-order chi connectivity index (χ0) is 46.6. The fourth-order valence-electron chi connectivity index (χ4n) is 8.11. The van der Waals surface area contributed by atoms with Gasteiger partial charge in [0.1, 0.15) is 0 Å². The largest absolute Gasteiger partial charge is 0.310 e. The monoisotopic (exact) mass is 847 g/mol. The smallest absolute Gasteiger partial charge is 0.0569 e. The molecular weight excluding hydrogens is 773 g/mol. The molecule has 0 unspecified atom stereocenters. The number of hydrogen-bond acceptors (Lipinski definition) is 2. The molecule has 0 heterocycles. The summed E-state index contributed by atoms with van der Waals surface area (Å²) in [6, 6.07) is 45.7. The Morgan fingerprint density at radius 1 is 0.562 bits per heavy atom. The maximum Gasteiger partial charge on any atom is 0.0569 e. The van der Waals surface area contributed by atoms with E-state index in [1.54, 1.807) is 0 Å². The lowest BCUT2D eigenvalue weighted by molar-refractivity contribution is 0.504. The Hall–Kier alpha value is -5.86. The highest BCUT2D eigenvalue weighted by atomic mass is 15.2. The molecule has 2 heteroatoms. The molecule has 0 aliphatic heterocycles. The van der Waals surface area contributed by atoms with Gasteiger partial charge in [0.05, 0.1) is 11.4 Å². The van der Waals surface area contributed by atoms with Gasteiger partial charge < -0.3 is 9.80 Å². The number of benzene rings is 4. The second-order valence-electron chi connectivity index (χ2n) is 21.7. The van der Waals surface area contributed by atoms with E-state index in [1.165, 1.54) is 33.4 Å². The highest BCUT2D eigenvalue weighted by molar-refractivity contribution is 6.07. The lowest BCUT2D eigenvalue weighted by atomic mass is 9.86. The average molecular weight is 847 g/mol. The van der Waals surface area contributed by atoms with Gasteiger partial charge >= 0.3 is 0 Å². The third-order valence-electron chi connectivity index (χ3n) is 12.7. The first-order valence-corrected chi connectivity index (χ1v) is 23.3. The van der Waals surface area contributed by atoms with E-state index in [1.807, 2.05) is 6.08 Å². The van der Waals surface area contributed by atoms with Crippen molar-refractivity contribution in [2.75, 3.05) is 9.80 Å². The second-order valence-corrected chi connectivity index (χ2v) is 21.7. The van der Waals surface area contributed by atoms with Crippen molar-refractivity contribution in [1.29, 1.82) is 0 Å². The predicted molar refractivity (Wildman–Crippen MR) is 284 cm³/mol.